The Kier molecular flexibility index (Phi) is 55.8. The fourth-order valence-electron chi connectivity index (χ4n) is 8.71. The van der Waals surface area contributed by atoms with Gasteiger partial charge in [0.25, 0.3) is 0 Å². The highest BCUT2D eigenvalue weighted by Gasteiger charge is 2.18. The van der Waals surface area contributed by atoms with Crippen LogP contribution in [0.3, 0.4) is 0 Å². The number of aliphatic hydroxyl groups is 2. The van der Waals surface area contributed by atoms with Gasteiger partial charge >= 0.3 is 0 Å². The molecule has 0 aromatic rings. The third kappa shape index (κ3) is 54.4. The summed E-state index contributed by atoms with van der Waals surface area (Å²) >= 11 is 0. The van der Waals surface area contributed by atoms with Crippen LogP contribution < -0.4 is 5.32 Å². The van der Waals surface area contributed by atoms with Crippen molar-refractivity contribution in [2.24, 2.45) is 0 Å². The summed E-state index contributed by atoms with van der Waals surface area (Å²) in [6.07, 6.45) is 84.7. The second kappa shape index (κ2) is 57.9. The van der Waals surface area contributed by atoms with E-state index in [1.54, 1.807) is 6.08 Å². The smallest absolute Gasteiger partial charge is 0.220 e. The van der Waals surface area contributed by atoms with Crippen LogP contribution in [0.5, 0.6) is 0 Å². The molecule has 0 spiro atoms. The van der Waals surface area contributed by atoms with Crippen molar-refractivity contribution in [1.82, 2.24) is 5.32 Å². The molecule has 0 radical (unpaired) electrons. The first-order valence-corrected chi connectivity index (χ1v) is 29.3. The van der Waals surface area contributed by atoms with Crippen LogP contribution in [0.25, 0.3) is 0 Å². The highest BCUT2D eigenvalue weighted by molar-refractivity contribution is 5.76. The van der Waals surface area contributed by atoms with Crippen LogP contribution in [0.1, 0.15) is 290 Å². The lowest BCUT2D eigenvalue weighted by Crippen LogP contribution is -2.45. The molecule has 2 atom stereocenters. The molecule has 1 amide bonds. The first-order valence-electron chi connectivity index (χ1n) is 29.3. The largest absolute Gasteiger partial charge is 0.394 e. The topological polar surface area (TPSA) is 69.6 Å². The van der Waals surface area contributed by atoms with Crippen LogP contribution in [0.2, 0.25) is 0 Å². The molecule has 0 fully saturated rings. The van der Waals surface area contributed by atoms with Gasteiger partial charge in [0.05, 0.1) is 18.8 Å². The summed E-state index contributed by atoms with van der Waals surface area (Å²) in [6, 6.07) is -0.623. The number of carbonyl (C=O) groups is 1. The van der Waals surface area contributed by atoms with Gasteiger partial charge in [0.15, 0.2) is 0 Å². The lowest BCUT2D eigenvalue weighted by atomic mass is 10.0. The average molecular weight is 933 g/mol. The molecule has 0 aliphatic carbocycles. The minimum atomic E-state index is -0.840. The number of rotatable bonds is 53. The molecule has 0 aromatic heterocycles. The summed E-state index contributed by atoms with van der Waals surface area (Å²) in [7, 11) is 0. The molecule has 0 saturated carbocycles. The van der Waals surface area contributed by atoms with Gasteiger partial charge in [0.1, 0.15) is 0 Å². The number of hydrogen-bond acceptors (Lipinski definition) is 3. The first-order chi connectivity index (χ1) is 33.2. The van der Waals surface area contributed by atoms with Crippen LogP contribution in [-0.4, -0.2) is 34.9 Å². The molecule has 0 aliphatic rings. The minimum absolute atomic E-state index is 0.0619. The molecule has 0 rings (SSSR count). The summed E-state index contributed by atoms with van der Waals surface area (Å²) in [5.41, 5.74) is 0. The highest BCUT2D eigenvalue weighted by atomic mass is 16.3. The van der Waals surface area contributed by atoms with E-state index in [-0.39, 0.29) is 12.5 Å². The maximum absolute atomic E-state index is 12.5. The van der Waals surface area contributed by atoms with E-state index < -0.39 is 12.1 Å². The van der Waals surface area contributed by atoms with E-state index in [1.165, 1.54) is 205 Å². The van der Waals surface area contributed by atoms with Crippen LogP contribution in [0.4, 0.5) is 0 Å². The van der Waals surface area contributed by atoms with Gasteiger partial charge in [-0.15, -0.1) is 0 Å². The third-order valence-corrected chi connectivity index (χ3v) is 13.1. The molecule has 0 aromatic carbocycles. The van der Waals surface area contributed by atoms with Gasteiger partial charge in [-0.2, -0.15) is 0 Å². The molecule has 388 valence electrons. The third-order valence-electron chi connectivity index (χ3n) is 13.1. The van der Waals surface area contributed by atoms with E-state index in [2.05, 4.69) is 92.1 Å². The van der Waals surface area contributed by atoms with Crippen molar-refractivity contribution < 1.29 is 15.0 Å². The molecule has 3 N–H and O–H groups in total. The van der Waals surface area contributed by atoms with Crippen LogP contribution in [0, 0.1) is 0 Å². The van der Waals surface area contributed by atoms with Crippen molar-refractivity contribution in [3.8, 4) is 0 Å². The number of unbranched alkanes of at least 4 members (excludes halogenated alkanes) is 34. The highest BCUT2D eigenvalue weighted by Crippen LogP contribution is 2.17. The fraction of sp³-hybridized carbons (Fsp3) is 0.762. The van der Waals surface area contributed by atoms with Crippen molar-refractivity contribution in [3.05, 3.63) is 85.1 Å². The van der Waals surface area contributed by atoms with Gasteiger partial charge in [-0.1, -0.05) is 298 Å². The lowest BCUT2D eigenvalue weighted by molar-refractivity contribution is -0.123. The second-order valence-corrected chi connectivity index (χ2v) is 19.7. The minimum Gasteiger partial charge on any atom is -0.394 e. The SMILES string of the molecule is CC/C=C\C/C=C\C/C=C\C/C=C\C/C=C\C/C=C\CCCCCCCCCCCCCCCCCCCCCCC(=O)NC(CO)C(O)/C=C/CCCCCCCCCCCCCCCC. The molecule has 4 nitrogen and oxygen atoms in total. The molecule has 0 bridgehead atoms. The van der Waals surface area contributed by atoms with Crippen LogP contribution in [0.15, 0.2) is 85.1 Å². The maximum Gasteiger partial charge on any atom is 0.220 e. The zero-order valence-corrected chi connectivity index (χ0v) is 44.7. The second-order valence-electron chi connectivity index (χ2n) is 19.7. The molecule has 67 heavy (non-hydrogen) atoms. The summed E-state index contributed by atoms with van der Waals surface area (Å²) < 4.78 is 0. The number of aliphatic hydroxyl groups excluding tert-OH is 2. The molecular formula is C63H113NO3. The van der Waals surface area contributed by atoms with Crippen molar-refractivity contribution >= 4 is 5.91 Å². The fourth-order valence-corrected chi connectivity index (χ4v) is 8.71. The predicted molar refractivity (Wildman–Crippen MR) is 299 cm³/mol. The number of nitrogens with one attached hydrogen (secondary N) is 1. The van der Waals surface area contributed by atoms with Gasteiger partial charge in [-0.25, -0.2) is 0 Å². The quantitative estimate of drug-likeness (QED) is 0.0420. The first kappa shape index (κ1) is 64.6. The van der Waals surface area contributed by atoms with Crippen molar-refractivity contribution in [2.45, 2.75) is 302 Å². The zero-order chi connectivity index (χ0) is 48.5. The number of allylic oxidation sites excluding steroid dienone is 13. The summed E-state index contributed by atoms with van der Waals surface area (Å²) in [5.74, 6) is -0.0619. The van der Waals surface area contributed by atoms with Gasteiger partial charge < -0.3 is 15.5 Å². The van der Waals surface area contributed by atoms with E-state index in [4.69, 9.17) is 0 Å². The lowest BCUT2D eigenvalue weighted by Gasteiger charge is -2.20. The van der Waals surface area contributed by atoms with Gasteiger partial charge in [-0.05, 0) is 70.6 Å². The zero-order valence-electron chi connectivity index (χ0n) is 44.7. The number of hydrogen-bond donors (Lipinski definition) is 3. The Balaban J connectivity index is 3.46. The molecule has 0 aliphatic heterocycles. The van der Waals surface area contributed by atoms with Crippen LogP contribution >= 0.6 is 0 Å². The van der Waals surface area contributed by atoms with Gasteiger partial charge in [0.2, 0.25) is 5.91 Å². The molecule has 2 unspecified atom stereocenters. The standard InChI is InChI=1S/C63H113NO3/c1-3-5-7-9-11-13-15-17-19-21-22-23-24-25-26-27-28-29-30-31-32-33-34-35-36-37-38-39-40-41-42-43-45-47-49-51-53-55-57-59-63(67)64-61(60-65)62(66)58-56-54-52-50-48-46-44-20-18-16-14-12-10-8-6-4-2/h5,7,11,13,17,19,22-23,25-26,28-29,56,58,61-62,65-66H,3-4,6,8-10,12,14-16,18,20-21,24,27,30-55,57,59-60H2,1-2H3,(H,64,67)/b7-5-,13-11-,19-17-,23-22-,26-25-,29-28-,58-56+. The van der Waals surface area contributed by atoms with E-state index in [0.29, 0.717) is 6.42 Å². The molecular weight excluding hydrogens is 819 g/mol. The summed E-state index contributed by atoms with van der Waals surface area (Å²) in [4.78, 5) is 12.5. The molecule has 0 saturated heterocycles. The maximum atomic E-state index is 12.5. The Bertz CT molecular complexity index is 1190. The van der Waals surface area contributed by atoms with Crippen molar-refractivity contribution in [1.29, 1.82) is 0 Å². The Labute approximate surface area is 418 Å². The van der Waals surface area contributed by atoms with Crippen molar-refractivity contribution in [2.75, 3.05) is 6.61 Å². The van der Waals surface area contributed by atoms with Crippen LogP contribution in [-0.2, 0) is 4.79 Å². The molecule has 0 heterocycles. The predicted octanol–water partition coefficient (Wildman–Crippen LogP) is 19.5. The van der Waals surface area contributed by atoms with E-state index >= 15 is 0 Å². The monoisotopic (exact) mass is 932 g/mol. The average Bonchev–Trinajstić information content (AvgIpc) is 3.33. The Morgan fingerprint density at radius 2 is 0.657 bits per heavy atom. The number of carbonyl (C=O) groups excluding carboxylic acids is 1. The summed E-state index contributed by atoms with van der Waals surface area (Å²) in [6.45, 7) is 4.21. The normalized spacial score (nSPS) is 13.4. The van der Waals surface area contributed by atoms with Gasteiger partial charge in [-0.3, -0.25) is 4.79 Å². The Morgan fingerprint density at radius 1 is 0.373 bits per heavy atom. The van der Waals surface area contributed by atoms with E-state index in [0.717, 1.165) is 64.2 Å². The molecule has 4 heteroatoms. The van der Waals surface area contributed by atoms with E-state index in [1.807, 2.05) is 6.08 Å². The number of amides is 1. The Hall–Kier alpha value is -2.43. The van der Waals surface area contributed by atoms with E-state index in [9.17, 15) is 15.0 Å². The van der Waals surface area contributed by atoms with Gasteiger partial charge in [0, 0.05) is 6.42 Å². The Morgan fingerprint density at radius 3 is 0.985 bits per heavy atom. The summed E-state index contributed by atoms with van der Waals surface area (Å²) in [5, 5.41) is 23.1. The van der Waals surface area contributed by atoms with Crippen molar-refractivity contribution in [3.63, 3.8) is 0 Å².